The summed E-state index contributed by atoms with van der Waals surface area (Å²) in [6, 6.07) is 0. The zero-order valence-electron chi connectivity index (χ0n) is 42.3. The van der Waals surface area contributed by atoms with Gasteiger partial charge in [-0.05, 0) is 6.92 Å². The average molecular weight is 1170 g/mol. The van der Waals surface area contributed by atoms with Crippen LogP contribution in [0.5, 0.6) is 0 Å². The topological polar surface area (TPSA) is 554 Å². The quantitative estimate of drug-likeness (QED) is 0.0538. The molecule has 7 heterocycles. The lowest BCUT2D eigenvalue weighted by atomic mass is 9.94. The van der Waals surface area contributed by atoms with Crippen molar-refractivity contribution >= 4 is 0 Å². The minimum absolute atomic E-state index is 0.704. The summed E-state index contributed by atoms with van der Waals surface area (Å²) in [6.45, 7) is -5.01. The SMILES string of the molecule is COC1C(CO)OC(OC2C(CO)OC(OC3C(CO)OC(OC4C(CO)OC(OC5C(CO)OC(OC6C(CO)OC(OC7C(CO)OC(C)C(O)C7O)C(O)C6O)C(O)C5O)C(O)C4O)C(O)C3O)C(O)C2O)C(O)C1O. The molecular weight excluding hydrogens is 1090 g/mol. The van der Waals surface area contributed by atoms with Crippen molar-refractivity contribution in [2.24, 2.45) is 0 Å². The molecule has 0 radical (unpaired) electrons. The summed E-state index contributed by atoms with van der Waals surface area (Å²) in [5.74, 6) is 0. The van der Waals surface area contributed by atoms with E-state index < -0.39 is 261 Å². The van der Waals surface area contributed by atoms with Crippen molar-refractivity contribution in [2.45, 2.75) is 222 Å². The van der Waals surface area contributed by atoms with Crippen LogP contribution in [0.3, 0.4) is 0 Å². The maximum absolute atomic E-state index is 11.3. The Morgan fingerprint density at radius 3 is 0.595 bits per heavy atom. The minimum atomic E-state index is -2.21. The molecule has 0 aromatic rings. The van der Waals surface area contributed by atoms with Crippen LogP contribution in [0.15, 0.2) is 0 Å². The summed E-state index contributed by atoms with van der Waals surface area (Å²) >= 11 is 0. The van der Waals surface area contributed by atoms with Crippen LogP contribution < -0.4 is 0 Å². The van der Waals surface area contributed by atoms with Gasteiger partial charge in [-0.25, -0.2) is 0 Å². The number of aliphatic hydroxyl groups is 21. The lowest BCUT2D eigenvalue weighted by Crippen LogP contribution is -2.68. The number of rotatable bonds is 20. The zero-order valence-corrected chi connectivity index (χ0v) is 42.3. The Hall–Kier alpha value is -1.40. The van der Waals surface area contributed by atoms with E-state index in [2.05, 4.69) is 0 Å². The number of methoxy groups -OCH3 is 1. The molecule has 0 spiro atoms. The van der Waals surface area contributed by atoms with Gasteiger partial charge >= 0.3 is 0 Å². The second-order valence-electron chi connectivity index (χ2n) is 20.1. The summed E-state index contributed by atoms with van der Waals surface area (Å²) in [7, 11) is 1.18. The van der Waals surface area contributed by atoms with E-state index in [1.165, 1.54) is 14.0 Å². The fourth-order valence-corrected chi connectivity index (χ4v) is 10.5. The Balaban J connectivity index is 0.946. The van der Waals surface area contributed by atoms with E-state index in [4.69, 9.17) is 66.3 Å². The minimum Gasteiger partial charge on any atom is -0.394 e. The van der Waals surface area contributed by atoms with Crippen LogP contribution in [0.1, 0.15) is 6.92 Å². The third-order valence-electron chi connectivity index (χ3n) is 15.0. The normalized spacial score (nSPS) is 53.0. The summed E-state index contributed by atoms with van der Waals surface area (Å²) in [5, 5.41) is 225. The Labute approximate surface area is 448 Å². The molecule has 0 bridgehead atoms. The van der Waals surface area contributed by atoms with E-state index in [1.54, 1.807) is 0 Å². The monoisotopic (exact) mass is 1160 g/mol. The van der Waals surface area contributed by atoms with Gasteiger partial charge in [0.25, 0.3) is 0 Å². The van der Waals surface area contributed by atoms with E-state index in [-0.39, 0.29) is 0 Å². The lowest BCUT2D eigenvalue weighted by Gasteiger charge is -2.50. The van der Waals surface area contributed by atoms with Gasteiger partial charge in [-0.2, -0.15) is 0 Å². The van der Waals surface area contributed by atoms with Gasteiger partial charge in [0, 0.05) is 7.11 Å². The molecule has 0 aromatic heterocycles. The van der Waals surface area contributed by atoms with E-state index in [1.807, 2.05) is 0 Å². The Morgan fingerprint density at radius 1 is 0.241 bits per heavy atom. The first kappa shape index (κ1) is 65.1. The first-order valence-corrected chi connectivity index (χ1v) is 25.4. The van der Waals surface area contributed by atoms with Gasteiger partial charge in [0.15, 0.2) is 37.7 Å². The highest BCUT2D eigenvalue weighted by Gasteiger charge is 2.58. The summed E-state index contributed by atoms with van der Waals surface area (Å²) < 4.78 is 78.2. The van der Waals surface area contributed by atoms with Crippen molar-refractivity contribution in [1.82, 2.24) is 0 Å². The number of hydrogen-bond donors (Lipinski definition) is 21. The molecule has 7 saturated heterocycles. The smallest absolute Gasteiger partial charge is 0.187 e. The van der Waals surface area contributed by atoms with Gasteiger partial charge in [0.2, 0.25) is 0 Å². The fraction of sp³-hybridized carbons (Fsp3) is 1.00. The van der Waals surface area contributed by atoms with Crippen LogP contribution >= 0.6 is 0 Å². The molecule has 462 valence electrons. The largest absolute Gasteiger partial charge is 0.394 e. The van der Waals surface area contributed by atoms with Gasteiger partial charge in [-0.3, -0.25) is 0 Å². The third-order valence-corrected chi connectivity index (χ3v) is 15.0. The van der Waals surface area contributed by atoms with Crippen molar-refractivity contribution in [1.29, 1.82) is 0 Å². The van der Waals surface area contributed by atoms with E-state index in [0.717, 1.165) is 0 Å². The molecule has 0 aliphatic carbocycles. The zero-order chi connectivity index (χ0) is 58.1. The molecule has 35 heteroatoms. The third kappa shape index (κ3) is 13.4. The summed E-state index contributed by atoms with van der Waals surface area (Å²) in [4.78, 5) is 0. The van der Waals surface area contributed by atoms with Crippen LogP contribution in [0.25, 0.3) is 0 Å². The molecule has 0 saturated carbocycles. The van der Waals surface area contributed by atoms with E-state index in [9.17, 15) is 107 Å². The lowest BCUT2D eigenvalue weighted by molar-refractivity contribution is -0.397. The first-order valence-electron chi connectivity index (χ1n) is 25.4. The highest BCUT2D eigenvalue weighted by molar-refractivity contribution is 5.01. The molecule has 79 heavy (non-hydrogen) atoms. The van der Waals surface area contributed by atoms with Gasteiger partial charge in [0.05, 0.1) is 52.4 Å². The molecule has 35 unspecified atom stereocenters. The molecule has 7 fully saturated rings. The number of aliphatic hydroxyl groups excluding tert-OH is 21. The number of hydrogen-bond acceptors (Lipinski definition) is 35. The maximum atomic E-state index is 11.3. The Kier molecular flexibility index (Phi) is 23.3. The Morgan fingerprint density at radius 2 is 0.405 bits per heavy atom. The highest BCUT2D eigenvalue weighted by Crippen LogP contribution is 2.38. The molecule has 7 aliphatic heterocycles. The number of ether oxygens (including phenoxy) is 14. The van der Waals surface area contributed by atoms with Crippen LogP contribution in [0.2, 0.25) is 0 Å². The molecule has 21 N–H and O–H groups in total. The van der Waals surface area contributed by atoms with Crippen molar-refractivity contribution in [3.8, 4) is 0 Å². The van der Waals surface area contributed by atoms with Gasteiger partial charge in [-0.1, -0.05) is 0 Å². The fourth-order valence-electron chi connectivity index (χ4n) is 10.5. The van der Waals surface area contributed by atoms with Crippen LogP contribution in [-0.2, 0) is 66.3 Å². The van der Waals surface area contributed by atoms with Gasteiger partial charge < -0.3 is 174 Å². The molecule has 7 aliphatic rings. The molecule has 7 rings (SSSR count). The van der Waals surface area contributed by atoms with Crippen LogP contribution in [0.4, 0.5) is 0 Å². The van der Waals surface area contributed by atoms with Crippen molar-refractivity contribution in [3.05, 3.63) is 0 Å². The second kappa shape index (κ2) is 28.2. The van der Waals surface area contributed by atoms with Crippen molar-refractivity contribution in [3.63, 3.8) is 0 Å². The molecule has 35 nitrogen and oxygen atoms in total. The standard InChI is InChI=1S/C44H76O35/c1-10-18(52)19(53)33(12(4-46)67-10)74-40-27(61)21(55)35(14(6-48)69-40)76-42-29(63)23(57)37(16(8-50)71-42)78-44-31(65)25(59)38(17(9-51)73-44)79-43-30(64)24(58)36(15(7-49)72-43)77-41-28(62)22(56)34(13(5-47)70-41)75-39-26(60)20(54)32(66-2)11(3-45)68-39/h10-65H,3-9H2,1-2H3. The first-order chi connectivity index (χ1) is 37.5. The van der Waals surface area contributed by atoms with E-state index in [0.29, 0.717) is 0 Å². The predicted octanol–water partition coefficient (Wildman–Crippen LogP) is -14.6. The summed E-state index contributed by atoms with van der Waals surface area (Å²) in [5.41, 5.74) is 0. The molecular formula is C44H76O35. The van der Waals surface area contributed by atoms with Gasteiger partial charge in [0.1, 0.15) is 171 Å². The van der Waals surface area contributed by atoms with Crippen molar-refractivity contribution in [2.75, 3.05) is 53.4 Å². The van der Waals surface area contributed by atoms with Crippen LogP contribution in [0, 0.1) is 0 Å². The average Bonchev–Trinajstić information content (AvgIpc) is 3.48. The van der Waals surface area contributed by atoms with Crippen LogP contribution in [-0.4, -0.2) is 375 Å². The Bertz CT molecular complexity index is 1820. The maximum Gasteiger partial charge on any atom is 0.187 e. The predicted molar refractivity (Wildman–Crippen MR) is 240 cm³/mol. The van der Waals surface area contributed by atoms with Gasteiger partial charge in [-0.15, -0.1) is 0 Å². The molecule has 35 atom stereocenters. The molecule has 0 aromatic carbocycles. The second-order valence-corrected chi connectivity index (χ2v) is 20.1. The van der Waals surface area contributed by atoms with E-state index >= 15 is 0 Å². The molecule has 0 amide bonds. The van der Waals surface area contributed by atoms with Crippen molar-refractivity contribution < 1.29 is 174 Å². The highest BCUT2D eigenvalue weighted by atomic mass is 16.8. The summed E-state index contributed by atoms with van der Waals surface area (Å²) in [6.07, 6.45) is -63.2.